The molecule has 1 unspecified atom stereocenters. The van der Waals surface area contributed by atoms with E-state index in [-0.39, 0.29) is 18.1 Å². The summed E-state index contributed by atoms with van der Waals surface area (Å²) in [4.78, 5) is 37.8. The predicted octanol–water partition coefficient (Wildman–Crippen LogP) is 5.86. The van der Waals surface area contributed by atoms with Crippen molar-refractivity contribution in [2.75, 3.05) is 18.5 Å². The molecular weight excluding hydrogens is 524 g/mol. The molecule has 230 valence electrons. The van der Waals surface area contributed by atoms with Gasteiger partial charge in [-0.15, -0.1) is 5.10 Å². The second kappa shape index (κ2) is 18.2. The van der Waals surface area contributed by atoms with Gasteiger partial charge in [0.2, 0.25) is 11.4 Å². The lowest BCUT2D eigenvalue weighted by atomic mass is 10.0. The van der Waals surface area contributed by atoms with Gasteiger partial charge in [-0.05, 0) is 50.5 Å². The topological polar surface area (TPSA) is 125 Å². The van der Waals surface area contributed by atoms with Crippen molar-refractivity contribution in [1.29, 1.82) is 0 Å². The second-order valence-electron chi connectivity index (χ2n) is 10.8. The van der Waals surface area contributed by atoms with Crippen LogP contribution in [0.15, 0.2) is 33.9 Å². The van der Waals surface area contributed by atoms with E-state index in [9.17, 15) is 19.5 Å². The molecule has 0 bridgehead atoms. The summed E-state index contributed by atoms with van der Waals surface area (Å²) in [5.74, 6) is 0.187. The van der Waals surface area contributed by atoms with Gasteiger partial charge in [-0.25, -0.2) is 14.3 Å². The normalized spacial score (nSPS) is 12.6. The Kier molecular flexibility index (Phi) is 15.0. The number of unbranched alkanes of at least 4 members (excludes halogenated alkanes) is 8. The molecule has 2 N–H and O–H groups in total. The van der Waals surface area contributed by atoms with E-state index in [2.05, 4.69) is 24.3 Å². The van der Waals surface area contributed by atoms with Crippen molar-refractivity contribution in [2.24, 2.45) is 0 Å². The Morgan fingerprint density at radius 2 is 1.46 bits per heavy atom. The highest BCUT2D eigenvalue weighted by molar-refractivity contribution is 5.77. The molecule has 0 amide bonds. The summed E-state index contributed by atoms with van der Waals surface area (Å²) < 4.78 is 14.3. The third-order valence-electron chi connectivity index (χ3n) is 7.09. The zero-order valence-electron chi connectivity index (χ0n) is 25.5. The first-order valence-electron chi connectivity index (χ1n) is 15.4. The van der Waals surface area contributed by atoms with E-state index in [4.69, 9.17) is 9.47 Å². The van der Waals surface area contributed by atoms with Crippen molar-refractivity contribution in [1.82, 2.24) is 14.3 Å². The number of anilines is 1. The average molecular weight is 575 g/mol. The maximum absolute atomic E-state index is 13.1. The van der Waals surface area contributed by atoms with E-state index < -0.39 is 17.1 Å². The van der Waals surface area contributed by atoms with E-state index in [1.165, 1.54) is 15.7 Å². The number of hydrogen-bond acceptors (Lipinski definition) is 7. The largest absolute Gasteiger partial charge is 0.492 e. The zero-order valence-corrected chi connectivity index (χ0v) is 25.5. The molecule has 2 rings (SSSR count). The van der Waals surface area contributed by atoms with E-state index in [1.54, 1.807) is 31.2 Å². The van der Waals surface area contributed by atoms with Crippen LogP contribution in [0.2, 0.25) is 0 Å². The second-order valence-corrected chi connectivity index (χ2v) is 10.8. The van der Waals surface area contributed by atoms with Gasteiger partial charge in [0.15, 0.2) is 0 Å². The summed E-state index contributed by atoms with van der Waals surface area (Å²) in [6, 6.07) is 6.78. The fourth-order valence-corrected chi connectivity index (χ4v) is 4.63. The van der Waals surface area contributed by atoms with Gasteiger partial charge in [0.25, 0.3) is 5.56 Å². The van der Waals surface area contributed by atoms with Crippen LogP contribution in [0.25, 0.3) is 0 Å². The van der Waals surface area contributed by atoms with Crippen LogP contribution in [0.1, 0.15) is 105 Å². The molecule has 1 aromatic heterocycles. The van der Waals surface area contributed by atoms with Crippen molar-refractivity contribution in [2.45, 2.75) is 123 Å². The molecule has 0 aliphatic carbocycles. The highest BCUT2D eigenvalue weighted by atomic mass is 16.5. The Labute approximate surface area is 244 Å². The molecule has 41 heavy (non-hydrogen) atoms. The lowest BCUT2D eigenvalue weighted by molar-refractivity contribution is -0.154. The third-order valence-corrected chi connectivity index (χ3v) is 7.09. The van der Waals surface area contributed by atoms with Gasteiger partial charge in [-0.2, -0.15) is 0 Å². The minimum Gasteiger partial charge on any atom is -0.492 e. The molecule has 0 radical (unpaired) electrons. The standard InChI is InChI=1S/C31H50N4O6/c1-5-8-10-12-14-22-34-28(36)27(33-35(30(34)39)23-15-13-11-9-6-2)32-21-24-40-25-16-18-26(19-17-25)41-31(4,20-7-3)29(37)38/h16-19H,5-15,20-24H2,1-4H3,(H,32,33)(H,37,38). The first-order valence-corrected chi connectivity index (χ1v) is 15.4. The number of hydrogen-bond donors (Lipinski definition) is 2. The number of carbonyl (C=O) groups is 1. The fourth-order valence-electron chi connectivity index (χ4n) is 4.63. The number of carboxylic acids is 1. The molecule has 10 heteroatoms. The Balaban J connectivity index is 2.01. The van der Waals surface area contributed by atoms with Gasteiger partial charge in [-0.3, -0.25) is 9.36 Å². The third kappa shape index (κ3) is 11.2. The summed E-state index contributed by atoms with van der Waals surface area (Å²) >= 11 is 0. The van der Waals surface area contributed by atoms with Crippen LogP contribution < -0.4 is 26.0 Å². The first-order chi connectivity index (χ1) is 19.8. The molecular formula is C31H50N4O6. The van der Waals surface area contributed by atoms with Crippen molar-refractivity contribution in [3.8, 4) is 11.5 Å². The van der Waals surface area contributed by atoms with Crippen molar-refractivity contribution in [3.63, 3.8) is 0 Å². The molecule has 0 fully saturated rings. The molecule has 1 heterocycles. The maximum Gasteiger partial charge on any atom is 0.347 e. The number of nitrogens with one attached hydrogen (secondary N) is 1. The average Bonchev–Trinajstić information content (AvgIpc) is 2.95. The molecule has 0 saturated carbocycles. The zero-order chi connectivity index (χ0) is 30.1. The summed E-state index contributed by atoms with van der Waals surface area (Å²) in [6.45, 7) is 9.26. The number of carboxylic acid groups (broad SMARTS) is 1. The highest BCUT2D eigenvalue weighted by Gasteiger charge is 2.34. The highest BCUT2D eigenvalue weighted by Crippen LogP contribution is 2.25. The van der Waals surface area contributed by atoms with Gasteiger partial charge in [-0.1, -0.05) is 78.6 Å². The van der Waals surface area contributed by atoms with Crippen LogP contribution in [0.4, 0.5) is 5.82 Å². The van der Waals surface area contributed by atoms with Gasteiger partial charge in [0.05, 0.1) is 6.54 Å². The number of aromatic nitrogens is 3. The van der Waals surface area contributed by atoms with E-state index in [0.717, 1.165) is 57.8 Å². The van der Waals surface area contributed by atoms with Crippen LogP contribution in [-0.2, 0) is 17.9 Å². The predicted molar refractivity (Wildman–Crippen MR) is 162 cm³/mol. The Hall–Kier alpha value is -3.30. The molecule has 0 aliphatic rings. The molecule has 2 aromatic rings. The number of aliphatic carboxylic acids is 1. The number of aryl methyl sites for hydroxylation is 1. The Morgan fingerprint density at radius 1 is 0.878 bits per heavy atom. The maximum atomic E-state index is 13.1. The summed E-state index contributed by atoms with van der Waals surface area (Å²) in [5, 5.41) is 17.0. The molecule has 0 saturated heterocycles. The number of rotatable bonds is 22. The smallest absolute Gasteiger partial charge is 0.347 e. The van der Waals surface area contributed by atoms with Crippen LogP contribution in [-0.4, -0.2) is 44.2 Å². The summed E-state index contributed by atoms with van der Waals surface area (Å²) in [5.41, 5.74) is -2.03. The van der Waals surface area contributed by atoms with E-state index in [1.807, 2.05) is 6.92 Å². The Bertz CT molecular complexity index is 1160. The lowest BCUT2D eigenvalue weighted by Gasteiger charge is -2.26. The number of ether oxygens (including phenoxy) is 2. The van der Waals surface area contributed by atoms with Gasteiger partial charge in [0, 0.05) is 13.1 Å². The van der Waals surface area contributed by atoms with Crippen molar-refractivity contribution < 1.29 is 19.4 Å². The van der Waals surface area contributed by atoms with Gasteiger partial charge >= 0.3 is 11.7 Å². The minimum atomic E-state index is -1.29. The number of nitrogens with zero attached hydrogens (tertiary/aromatic N) is 3. The molecule has 10 nitrogen and oxygen atoms in total. The molecule has 0 aliphatic heterocycles. The molecule has 1 aromatic carbocycles. The van der Waals surface area contributed by atoms with Gasteiger partial charge in [0.1, 0.15) is 18.1 Å². The molecule has 1 atom stereocenters. The SMILES string of the molecule is CCCCCCCn1nc(NCCOc2ccc(OC(C)(CCC)C(=O)O)cc2)c(=O)n(CCCCCCC)c1=O. The Morgan fingerprint density at radius 3 is 2.05 bits per heavy atom. The minimum absolute atomic E-state index is 0.156. The van der Waals surface area contributed by atoms with Crippen LogP contribution in [0.5, 0.6) is 11.5 Å². The summed E-state index contributed by atoms with van der Waals surface area (Å²) in [7, 11) is 0. The quantitative estimate of drug-likeness (QED) is 0.168. The van der Waals surface area contributed by atoms with E-state index >= 15 is 0 Å². The van der Waals surface area contributed by atoms with Crippen LogP contribution >= 0.6 is 0 Å². The fraction of sp³-hybridized carbons (Fsp3) is 0.677. The van der Waals surface area contributed by atoms with Crippen molar-refractivity contribution in [3.05, 3.63) is 45.1 Å². The lowest BCUT2D eigenvalue weighted by Crippen LogP contribution is -2.43. The monoisotopic (exact) mass is 574 g/mol. The van der Waals surface area contributed by atoms with Crippen LogP contribution in [0, 0.1) is 0 Å². The van der Waals surface area contributed by atoms with Gasteiger partial charge < -0.3 is 19.9 Å². The molecule has 0 spiro atoms. The summed E-state index contributed by atoms with van der Waals surface area (Å²) in [6.07, 6.45) is 11.5. The van der Waals surface area contributed by atoms with Crippen LogP contribution in [0.3, 0.4) is 0 Å². The van der Waals surface area contributed by atoms with E-state index in [0.29, 0.717) is 44.0 Å². The number of benzene rings is 1. The van der Waals surface area contributed by atoms with Crippen molar-refractivity contribution >= 4 is 11.8 Å². The first kappa shape index (κ1) is 33.9.